The Bertz CT molecular complexity index is 873. The number of carbonyl (C=O) groups excluding carboxylic acids is 1. The molecule has 130 valence electrons. The summed E-state index contributed by atoms with van der Waals surface area (Å²) < 4.78 is 2.42. The van der Waals surface area contributed by atoms with E-state index < -0.39 is 0 Å². The number of carbonyl (C=O) groups is 1. The Hall–Kier alpha value is -2.13. The molecule has 0 radical (unpaired) electrons. The van der Waals surface area contributed by atoms with Gasteiger partial charge in [0.15, 0.2) is 5.69 Å². The van der Waals surface area contributed by atoms with Crippen LogP contribution in [0.15, 0.2) is 34.9 Å². The predicted octanol–water partition coefficient (Wildman–Crippen LogP) is 4.04. The molecule has 0 atom stereocenters. The van der Waals surface area contributed by atoms with Crippen LogP contribution >= 0.6 is 27.3 Å². The van der Waals surface area contributed by atoms with Crippen LogP contribution in [0, 0.1) is 0 Å². The van der Waals surface area contributed by atoms with Crippen molar-refractivity contribution in [3.8, 4) is 5.69 Å². The highest BCUT2D eigenvalue weighted by atomic mass is 79.9. The number of aromatic nitrogens is 5. The zero-order valence-corrected chi connectivity index (χ0v) is 16.2. The number of anilines is 1. The first-order chi connectivity index (χ1) is 12.1. The molecule has 0 aliphatic carbocycles. The lowest BCUT2D eigenvalue weighted by atomic mass is 10.1. The van der Waals surface area contributed by atoms with Crippen molar-refractivity contribution in [3.05, 3.63) is 45.6 Å². The molecule has 0 spiro atoms. The molecule has 0 bridgehead atoms. The Morgan fingerprint density at radius 1 is 1.24 bits per heavy atom. The number of amides is 1. The fraction of sp³-hybridized carbons (Fsp3) is 0.312. The van der Waals surface area contributed by atoms with Crippen LogP contribution in [-0.4, -0.2) is 31.1 Å². The van der Waals surface area contributed by atoms with E-state index in [-0.39, 0.29) is 11.6 Å². The maximum atomic E-state index is 12.4. The van der Waals surface area contributed by atoms with E-state index in [1.165, 1.54) is 11.3 Å². The normalized spacial score (nSPS) is 11.0. The summed E-state index contributed by atoms with van der Waals surface area (Å²) in [4.78, 5) is 12.4. The summed E-state index contributed by atoms with van der Waals surface area (Å²) >= 11 is 4.86. The summed E-state index contributed by atoms with van der Waals surface area (Å²) in [7, 11) is 0. The van der Waals surface area contributed by atoms with Gasteiger partial charge < -0.3 is 0 Å². The Balaban J connectivity index is 1.73. The van der Waals surface area contributed by atoms with E-state index in [0.29, 0.717) is 11.0 Å². The lowest BCUT2D eigenvalue weighted by Crippen LogP contribution is -2.12. The molecule has 0 aliphatic rings. The van der Waals surface area contributed by atoms with Crippen molar-refractivity contribution in [1.29, 1.82) is 0 Å². The zero-order valence-electron chi connectivity index (χ0n) is 13.8. The third kappa shape index (κ3) is 3.93. The molecule has 1 aromatic carbocycles. The van der Waals surface area contributed by atoms with Crippen LogP contribution in [0.2, 0.25) is 0 Å². The molecule has 2 heterocycles. The predicted molar refractivity (Wildman–Crippen MR) is 100 cm³/mol. The third-order valence-corrected chi connectivity index (χ3v) is 5.49. The molecule has 7 nitrogen and oxygen atoms in total. The van der Waals surface area contributed by atoms with Crippen LogP contribution in [0.5, 0.6) is 0 Å². The Morgan fingerprint density at radius 3 is 2.72 bits per heavy atom. The van der Waals surface area contributed by atoms with Gasteiger partial charge in [0.05, 0.1) is 11.9 Å². The van der Waals surface area contributed by atoms with Gasteiger partial charge in [-0.2, -0.15) is 0 Å². The van der Waals surface area contributed by atoms with Gasteiger partial charge in [0.2, 0.25) is 5.13 Å². The van der Waals surface area contributed by atoms with Gasteiger partial charge in [0.25, 0.3) is 5.91 Å². The van der Waals surface area contributed by atoms with Crippen molar-refractivity contribution >= 4 is 38.3 Å². The molecule has 0 fully saturated rings. The smallest absolute Gasteiger partial charge is 0.279 e. The van der Waals surface area contributed by atoms with Gasteiger partial charge in [-0.15, -0.1) is 15.3 Å². The van der Waals surface area contributed by atoms with Gasteiger partial charge >= 0.3 is 0 Å². The fourth-order valence-electron chi connectivity index (χ4n) is 2.37. The second-order valence-corrected chi connectivity index (χ2v) is 7.28. The lowest BCUT2D eigenvalue weighted by molar-refractivity contribution is 0.102. The summed E-state index contributed by atoms with van der Waals surface area (Å²) in [5.74, 6) is 0.0185. The van der Waals surface area contributed by atoms with Gasteiger partial charge in [0.1, 0.15) is 5.01 Å². The van der Waals surface area contributed by atoms with E-state index in [1.807, 2.05) is 24.3 Å². The maximum Gasteiger partial charge on any atom is 0.279 e. The number of benzene rings is 1. The molecule has 1 amide bonds. The molecule has 1 N–H and O–H groups in total. The van der Waals surface area contributed by atoms with Crippen molar-refractivity contribution in [2.75, 3.05) is 5.32 Å². The second kappa shape index (κ2) is 7.83. The summed E-state index contributed by atoms with van der Waals surface area (Å²) in [6.07, 6.45) is 3.58. The van der Waals surface area contributed by atoms with Crippen LogP contribution in [0.3, 0.4) is 0 Å². The van der Waals surface area contributed by atoms with Gasteiger partial charge in [0, 0.05) is 10.4 Å². The quantitative estimate of drug-likeness (QED) is 0.650. The second-order valence-electron chi connectivity index (χ2n) is 5.41. The number of nitrogens with zero attached hydrogens (tertiary/aromatic N) is 5. The summed E-state index contributed by atoms with van der Waals surface area (Å²) in [5, 5.41) is 20.3. The molecule has 25 heavy (non-hydrogen) atoms. The minimum absolute atomic E-state index is 0.218. The van der Waals surface area contributed by atoms with Crippen LogP contribution < -0.4 is 5.32 Å². The van der Waals surface area contributed by atoms with Gasteiger partial charge in [-0.25, -0.2) is 4.68 Å². The first-order valence-electron chi connectivity index (χ1n) is 7.94. The molecule has 0 saturated carbocycles. The standard InChI is InChI=1S/C16H17BrN6OS/c1-3-10(4-2)15-20-21-16(25-15)18-14(24)12-9-23(22-19-12)13-8-6-5-7-11(13)17/h5-10H,3-4H2,1-2H3,(H,18,21,24). The first kappa shape index (κ1) is 17.7. The van der Waals surface area contributed by atoms with Crippen LogP contribution in [0.4, 0.5) is 5.13 Å². The van der Waals surface area contributed by atoms with Gasteiger partial charge in [-0.1, -0.05) is 42.5 Å². The van der Waals surface area contributed by atoms with Gasteiger partial charge in [-0.3, -0.25) is 10.1 Å². The Kier molecular flexibility index (Phi) is 5.54. The highest BCUT2D eigenvalue weighted by Gasteiger charge is 2.17. The topological polar surface area (TPSA) is 85.6 Å². The van der Waals surface area contributed by atoms with Gasteiger partial charge in [-0.05, 0) is 40.9 Å². The van der Waals surface area contributed by atoms with Crippen molar-refractivity contribution in [1.82, 2.24) is 25.2 Å². The van der Waals surface area contributed by atoms with Crippen molar-refractivity contribution < 1.29 is 4.79 Å². The van der Waals surface area contributed by atoms with E-state index in [0.717, 1.165) is 28.0 Å². The average molecular weight is 421 g/mol. The molecule has 2 aromatic heterocycles. The van der Waals surface area contributed by atoms with E-state index >= 15 is 0 Å². The molecule has 3 rings (SSSR count). The van der Waals surface area contributed by atoms with Crippen molar-refractivity contribution in [3.63, 3.8) is 0 Å². The number of hydrogen-bond acceptors (Lipinski definition) is 6. The summed E-state index contributed by atoms with van der Waals surface area (Å²) in [5.41, 5.74) is 1.02. The van der Waals surface area contributed by atoms with Crippen LogP contribution in [0.1, 0.15) is 48.1 Å². The number of halogens is 1. The lowest BCUT2D eigenvalue weighted by Gasteiger charge is -2.05. The minimum Gasteiger partial charge on any atom is -0.295 e. The minimum atomic E-state index is -0.356. The number of nitrogens with one attached hydrogen (secondary N) is 1. The van der Waals surface area contributed by atoms with E-state index in [9.17, 15) is 4.79 Å². The molecule has 0 saturated heterocycles. The molecule has 3 aromatic rings. The number of rotatable bonds is 6. The maximum absolute atomic E-state index is 12.4. The Labute approximate surface area is 157 Å². The zero-order chi connectivity index (χ0) is 17.8. The first-order valence-corrected chi connectivity index (χ1v) is 9.55. The van der Waals surface area contributed by atoms with E-state index in [1.54, 1.807) is 10.9 Å². The highest BCUT2D eigenvalue weighted by Crippen LogP contribution is 2.28. The third-order valence-electron chi connectivity index (χ3n) is 3.82. The van der Waals surface area contributed by atoms with E-state index in [2.05, 4.69) is 55.6 Å². The largest absolute Gasteiger partial charge is 0.295 e. The average Bonchev–Trinajstić information content (AvgIpc) is 3.26. The summed E-state index contributed by atoms with van der Waals surface area (Å²) in [6.45, 7) is 4.24. The highest BCUT2D eigenvalue weighted by molar-refractivity contribution is 9.10. The van der Waals surface area contributed by atoms with Crippen molar-refractivity contribution in [2.45, 2.75) is 32.6 Å². The molecule has 0 aliphatic heterocycles. The van der Waals surface area contributed by atoms with Crippen molar-refractivity contribution in [2.24, 2.45) is 0 Å². The van der Waals surface area contributed by atoms with E-state index in [4.69, 9.17) is 0 Å². The number of hydrogen-bond donors (Lipinski definition) is 1. The molecule has 9 heteroatoms. The number of para-hydroxylation sites is 1. The SMILES string of the molecule is CCC(CC)c1nnc(NC(=O)c2cn(-c3ccccc3Br)nn2)s1. The molecular formula is C16H17BrN6OS. The molecular weight excluding hydrogens is 404 g/mol. The van der Waals surface area contributed by atoms with Crippen LogP contribution in [0.25, 0.3) is 5.69 Å². The fourth-order valence-corrected chi connectivity index (χ4v) is 3.84. The molecule has 0 unspecified atom stereocenters. The monoisotopic (exact) mass is 420 g/mol. The summed E-state index contributed by atoms with van der Waals surface area (Å²) in [6, 6.07) is 7.58. The Morgan fingerprint density at radius 2 is 2.00 bits per heavy atom. The van der Waals surface area contributed by atoms with Crippen LogP contribution in [-0.2, 0) is 0 Å².